The van der Waals surface area contributed by atoms with Crippen molar-refractivity contribution in [2.75, 3.05) is 6.61 Å². The van der Waals surface area contributed by atoms with Crippen molar-refractivity contribution in [3.8, 4) is 5.75 Å². The predicted octanol–water partition coefficient (Wildman–Crippen LogP) is 4.20. The van der Waals surface area contributed by atoms with E-state index < -0.39 is 24.5 Å². The summed E-state index contributed by atoms with van der Waals surface area (Å²) in [6.07, 6.45) is 0. The molecular weight excluding hydrogens is 408 g/mol. The molecule has 1 aliphatic rings. The first-order valence-electron chi connectivity index (χ1n) is 10.3. The zero-order valence-corrected chi connectivity index (χ0v) is 17.6. The lowest BCUT2D eigenvalue weighted by Gasteiger charge is -2.14. The predicted molar refractivity (Wildman–Crippen MR) is 116 cm³/mol. The Morgan fingerprint density at radius 3 is 2.50 bits per heavy atom. The van der Waals surface area contributed by atoms with Gasteiger partial charge < -0.3 is 14.2 Å². The van der Waals surface area contributed by atoms with Crippen LogP contribution in [0, 0.1) is 0 Å². The zero-order chi connectivity index (χ0) is 22.5. The van der Waals surface area contributed by atoms with Gasteiger partial charge in [0.15, 0.2) is 12.4 Å². The van der Waals surface area contributed by atoms with E-state index in [1.807, 2.05) is 48.5 Å². The second-order valence-corrected chi connectivity index (χ2v) is 7.51. The summed E-state index contributed by atoms with van der Waals surface area (Å²) in [7, 11) is 0. The summed E-state index contributed by atoms with van der Waals surface area (Å²) in [5.74, 6) is -1.56. The Balaban J connectivity index is 1.39. The molecule has 0 amide bonds. The zero-order valence-electron chi connectivity index (χ0n) is 17.6. The standard InChI is InChI=1S/C26H22O6/c1-17(26(29)32-16-24(27)31-14-18-7-3-2-4-8-18)19-11-12-23-22(13-19)25(28)21-10-6-5-9-20(21)15-30-23/h2-13,17H,14-16H2,1H3. The maximum atomic E-state index is 13.0. The van der Waals surface area contributed by atoms with Gasteiger partial charge in [-0.05, 0) is 30.2 Å². The third-order valence-corrected chi connectivity index (χ3v) is 5.32. The molecule has 0 N–H and O–H groups in total. The molecule has 0 aliphatic carbocycles. The van der Waals surface area contributed by atoms with Crippen LogP contribution in [0.4, 0.5) is 0 Å². The lowest BCUT2D eigenvalue weighted by Crippen LogP contribution is -2.20. The van der Waals surface area contributed by atoms with Crippen LogP contribution >= 0.6 is 0 Å². The highest BCUT2D eigenvalue weighted by Crippen LogP contribution is 2.31. The van der Waals surface area contributed by atoms with Crippen LogP contribution in [0.2, 0.25) is 0 Å². The quantitative estimate of drug-likeness (QED) is 0.546. The van der Waals surface area contributed by atoms with E-state index in [2.05, 4.69) is 0 Å². The topological polar surface area (TPSA) is 78.9 Å². The summed E-state index contributed by atoms with van der Waals surface area (Å²) in [6, 6.07) is 21.6. The maximum absolute atomic E-state index is 13.0. The molecule has 32 heavy (non-hydrogen) atoms. The van der Waals surface area contributed by atoms with Crippen molar-refractivity contribution in [1.82, 2.24) is 0 Å². The van der Waals surface area contributed by atoms with Crippen molar-refractivity contribution in [1.29, 1.82) is 0 Å². The third-order valence-electron chi connectivity index (χ3n) is 5.32. The fourth-order valence-corrected chi connectivity index (χ4v) is 3.46. The molecule has 0 saturated carbocycles. The molecule has 162 valence electrons. The highest BCUT2D eigenvalue weighted by atomic mass is 16.6. The van der Waals surface area contributed by atoms with E-state index in [0.717, 1.165) is 11.1 Å². The smallest absolute Gasteiger partial charge is 0.344 e. The van der Waals surface area contributed by atoms with Gasteiger partial charge in [0, 0.05) is 11.1 Å². The van der Waals surface area contributed by atoms with Crippen LogP contribution in [0.25, 0.3) is 0 Å². The number of carbonyl (C=O) groups is 3. The molecular formula is C26H22O6. The van der Waals surface area contributed by atoms with Crippen LogP contribution in [-0.2, 0) is 32.3 Å². The Labute approximate surface area is 185 Å². The second kappa shape index (κ2) is 9.47. The molecule has 1 heterocycles. The fourth-order valence-electron chi connectivity index (χ4n) is 3.46. The van der Waals surface area contributed by atoms with Crippen molar-refractivity contribution in [2.45, 2.75) is 26.1 Å². The molecule has 6 heteroatoms. The van der Waals surface area contributed by atoms with Gasteiger partial charge >= 0.3 is 11.9 Å². The molecule has 3 aromatic rings. The van der Waals surface area contributed by atoms with Crippen LogP contribution in [0.1, 0.15) is 45.5 Å². The minimum absolute atomic E-state index is 0.112. The van der Waals surface area contributed by atoms with Gasteiger partial charge in [0.05, 0.1) is 11.5 Å². The first kappa shape index (κ1) is 21.3. The molecule has 0 bridgehead atoms. The van der Waals surface area contributed by atoms with Gasteiger partial charge in [-0.1, -0.05) is 60.7 Å². The van der Waals surface area contributed by atoms with Gasteiger partial charge in [0.1, 0.15) is 19.0 Å². The molecule has 0 saturated heterocycles. The molecule has 4 rings (SSSR count). The Morgan fingerprint density at radius 2 is 1.69 bits per heavy atom. The van der Waals surface area contributed by atoms with E-state index in [-0.39, 0.29) is 12.4 Å². The number of hydrogen-bond donors (Lipinski definition) is 0. The molecule has 1 atom stereocenters. The summed E-state index contributed by atoms with van der Waals surface area (Å²) in [4.78, 5) is 37.4. The van der Waals surface area contributed by atoms with Crippen LogP contribution < -0.4 is 4.74 Å². The first-order chi connectivity index (χ1) is 15.5. The minimum atomic E-state index is -0.673. The SMILES string of the molecule is CC(C(=O)OCC(=O)OCc1ccccc1)c1ccc2c(c1)C(=O)c1ccccc1CO2. The molecule has 6 nitrogen and oxygen atoms in total. The van der Waals surface area contributed by atoms with Gasteiger partial charge in [0.25, 0.3) is 0 Å². The van der Waals surface area contributed by atoms with E-state index in [1.54, 1.807) is 31.2 Å². The maximum Gasteiger partial charge on any atom is 0.344 e. The first-order valence-corrected chi connectivity index (χ1v) is 10.3. The van der Waals surface area contributed by atoms with Crippen molar-refractivity contribution in [3.63, 3.8) is 0 Å². The average molecular weight is 430 g/mol. The summed E-state index contributed by atoms with van der Waals surface area (Å²) in [5.41, 5.74) is 3.24. The van der Waals surface area contributed by atoms with E-state index in [4.69, 9.17) is 14.2 Å². The van der Waals surface area contributed by atoms with Crippen molar-refractivity contribution >= 4 is 17.7 Å². The van der Waals surface area contributed by atoms with Gasteiger partial charge in [-0.3, -0.25) is 9.59 Å². The van der Waals surface area contributed by atoms with Gasteiger partial charge in [-0.15, -0.1) is 0 Å². The molecule has 1 unspecified atom stereocenters. The number of ketones is 1. The summed E-state index contributed by atoms with van der Waals surface area (Å²) < 4.78 is 16.0. The van der Waals surface area contributed by atoms with Gasteiger partial charge in [-0.25, -0.2) is 4.79 Å². The normalized spacial score (nSPS) is 13.1. The van der Waals surface area contributed by atoms with Crippen LogP contribution in [0.3, 0.4) is 0 Å². The monoisotopic (exact) mass is 430 g/mol. The number of esters is 2. The van der Waals surface area contributed by atoms with Gasteiger partial charge in [-0.2, -0.15) is 0 Å². The third kappa shape index (κ3) is 4.70. The number of carbonyl (C=O) groups excluding carboxylic acids is 3. The highest BCUT2D eigenvalue weighted by Gasteiger charge is 2.25. The van der Waals surface area contributed by atoms with Crippen molar-refractivity contribution in [3.05, 3.63) is 101 Å². The molecule has 0 spiro atoms. The number of rotatable bonds is 6. The average Bonchev–Trinajstić information content (AvgIpc) is 2.98. The number of benzene rings is 3. The number of hydrogen-bond acceptors (Lipinski definition) is 6. The lowest BCUT2D eigenvalue weighted by atomic mass is 9.94. The minimum Gasteiger partial charge on any atom is -0.488 e. The van der Waals surface area contributed by atoms with Crippen LogP contribution in [0.15, 0.2) is 72.8 Å². The Kier molecular flexibility index (Phi) is 6.31. The summed E-state index contributed by atoms with van der Waals surface area (Å²) in [6.45, 7) is 1.60. The molecule has 0 fully saturated rings. The van der Waals surface area contributed by atoms with Gasteiger partial charge in [0.2, 0.25) is 0 Å². The molecule has 3 aromatic carbocycles. The largest absolute Gasteiger partial charge is 0.488 e. The molecule has 0 radical (unpaired) electrons. The van der Waals surface area contributed by atoms with Crippen LogP contribution in [0.5, 0.6) is 5.75 Å². The van der Waals surface area contributed by atoms with Crippen LogP contribution in [-0.4, -0.2) is 24.3 Å². The lowest BCUT2D eigenvalue weighted by molar-refractivity contribution is -0.160. The van der Waals surface area contributed by atoms with E-state index >= 15 is 0 Å². The summed E-state index contributed by atoms with van der Waals surface area (Å²) in [5, 5.41) is 0. The second-order valence-electron chi connectivity index (χ2n) is 7.51. The molecule has 1 aliphatic heterocycles. The van der Waals surface area contributed by atoms with Crippen molar-refractivity contribution < 1.29 is 28.6 Å². The fraction of sp³-hybridized carbons (Fsp3) is 0.192. The van der Waals surface area contributed by atoms with E-state index in [9.17, 15) is 14.4 Å². The Bertz CT molecular complexity index is 1150. The Morgan fingerprint density at radius 1 is 0.938 bits per heavy atom. The summed E-state index contributed by atoms with van der Waals surface area (Å²) >= 11 is 0. The number of fused-ring (bicyclic) bond motifs is 2. The van der Waals surface area contributed by atoms with E-state index in [0.29, 0.717) is 29.0 Å². The number of ether oxygens (including phenoxy) is 3. The Hall–Kier alpha value is -3.93. The molecule has 0 aromatic heterocycles. The highest BCUT2D eigenvalue weighted by molar-refractivity contribution is 6.12. The van der Waals surface area contributed by atoms with Crippen molar-refractivity contribution in [2.24, 2.45) is 0 Å². The van der Waals surface area contributed by atoms with E-state index in [1.165, 1.54) is 0 Å².